The van der Waals surface area contributed by atoms with E-state index in [2.05, 4.69) is 20.8 Å². The van der Waals surface area contributed by atoms with Gasteiger partial charge in [0.2, 0.25) is 5.91 Å². The fourth-order valence-corrected chi connectivity index (χ4v) is 3.50. The Bertz CT molecular complexity index is 1030. The Morgan fingerprint density at radius 1 is 1.11 bits per heavy atom. The van der Waals surface area contributed by atoms with E-state index in [1.54, 1.807) is 6.07 Å². The highest BCUT2D eigenvalue weighted by molar-refractivity contribution is 5.99. The summed E-state index contributed by atoms with van der Waals surface area (Å²) in [5.41, 5.74) is 4.00. The maximum Gasteiger partial charge on any atom is 0.251 e. The lowest BCUT2D eigenvalue weighted by atomic mass is 9.85. The molecule has 0 bridgehead atoms. The number of pyridine rings is 1. The second-order valence-electron chi connectivity index (χ2n) is 7.44. The van der Waals surface area contributed by atoms with Crippen LogP contribution < -0.4 is 10.6 Å². The van der Waals surface area contributed by atoms with E-state index in [-0.39, 0.29) is 18.4 Å². The van der Waals surface area contributed by atoms with E-state index in [9.17, 15) is 9.59 Å². The van der Waals surface area contributed by atoms with E-state index in [1.165, 1.54) is 6.42 Å². The Balaban J connectivity index is 1.40. The van der Waals surface area contributed by atoms with Crippen LogP contribution in [0, 0.1) is 13.8 Å². The van der Waals surface area contributed by atoms with Crippen molar-refractivity contribution in [2.24, 2.45) is 0 Å². The van der Waals surface area contributed by atoms with Gasteiger partial charge in [0.1, 0.15) is 5.82 Å². The maximum atomic E-state index is 12.3. The van der Waals surface area contributed by atoms with Gasteiger partial charge in [0.15, 0.2) is 5.65 Å². The van der Waals surface area contributed by atoms with Gasteiger partial charge in [-0.25, -0.2) is 0 Å². The zero-order chi connectivity index (χ0) is 19.7. The number of rotatable bonds is 5. The summed E-state index contributed by atoms with van der Waals surface area (Å²) in [5.74, 6) is 0.845. The predicted octanol–water partition coefficient (Wildman–Crippen LogP) is 2.98. The molecule has 0 spiro atoms. The summed E-state index contributed by atoms with van der Waals surface area (Å²) in [4.78, 5) is 24.6. The smallest absolute Gasteiger partial charge is 0.251 e. The van der Waals surface area contributed by atoms with Gasteiger partial charge in [-0.15, -0.1) is 10.2 Å². The highest BCUT2D eigenvalue weighted by Gasteiger charge is 2.24. The van der Waals surface area contributed by atoms with E-state index in [4.69, 9.17) is 0 Å². The Labute approximate surface area is 163 Å². The Morgan fingerprint density at radius 2 is 1.86 bits per heavy atom. The molecule has 0 atom stereocenters. The number of aryl methyl sites for hydroxylation is 2. The molecule has 1 aromatic carbocycles. The monoisotopic (exact) mass is 377 g/mol. The van der Waals surface area contributed by atoms with Gasteiger partial charge >= 0.3 is 0 Å². The van der Waals surface area contributed by atoms with Crippen LogP contribution in [0.15, 0.2) is 36.5 Å². The van der Waals surface area contributed by atoms with Crippen LogP contribution in [0.5, 0.6) is 0 Å². The summed E-state index contributed by atoms with van der Waals surface area (Å²) in [6, 6.07) is 9.24. The quantitative estimate of drug-likeness (QED) is 0.715. The summed E-state index contributed by atoms with van der Waals surface area (Å²) in [6.07, 6.45) is 5.31. The van der Waals surface area contributed by atoms with Crippen LogP contribution in [-0.4, -0.2) is 33.0 Å². The molecule has 2 aromatic heterocycles. The van der Waals surface area contributed by atoms with Crippen molar-refractivity contribution in [3.8, 4) is 0 Å². The average molecular weight is 377 g/mol. The van der Waals surface area contributed by atoms with Gasteiger partial charge in [0.25, 0.3) is 5.91 Å². The van der Waals surface area contributed by atoms with Gasteiger partial charge < -0.3 is 10.6 Å². The van der Waals surface area contributed by atoms with Crippen molar-refractivity contribution >= 4 is 23.1 Å². The Hall–Kier alpha value is -3.22. The zero-order valence-corrected chi connectivity index (χ0v) is 16.0. The fraction of sp³-hybridized carbons (Fsp3) is 0.333. The molecule has 0 aliphatic heterocycles. The minimum atomic E-state index is -0.282. The molecule has 28 heavy (non-hydrogen) atoms. The molecule has 7 nitrogen and oxygen atoms in total. The lowest BCUT2D eigenvalue weighted by Crippen LogP contribution is -2.33. The number of fused-ring (bicyclic) bond motifs is 1. The minimum absolute atomic E-state index is 0.0957. The third-order valence-corrected chi connectivity index (χ3v) is 5.08. The van der Waals surface area contributed by atoms with Gasteiger partial charge in [-0.3, -0.25) is 14.0 Å². The SMILES string of the molecule is Cc1cc(C)cc(C(=O)NCC(=O)Nc2ccc3nnc(C4CCC4)n3c2)c1. The molecule has 2 amide bonds. The number of carbonyl (C=O) groups excluding carboxylic acids is 2. The molecule has 1 saturated carbocycles. The van der Waals surface area contributed by atoms with Crippen molar-refractivity contribution in [2.45, 2.75) is 39.0 Å². The highest BCUT2D eigenvalue weighted by Crippen LogP contribution is 2.35. The van der Waals surface area contributed by atoms with Crippen molar-refractivity contribution < 1.29 is 9.59 Å². The topological polar surface area (TPSA) is 88.4 Å². The first kappa shape index (κ1) is 18.2. The van der Waals surface area contributed by atoms with Crippen molar-refractivity contribution in [1.29, 1.82) is 0 Å². The van der Waals surface area contributed by atoms with Crippen LogP contribution in [0.25, 0.3) is 5.65 Å². The average Bonchev–Trinajstić information content (AvgIpc) is 3.00. The molecule has 0 saturated heterocycles. The van der Waals surface area contributed by atoms with Gasteiger partial charge in [0.05, 0.1) is 12.2 Å². The number of amides is 2. The predicted molar refractivity (Wildman–Crippen MR) is 106 cm³/mol. The number of carbonyl (C=O) groups is 2. The van der Waals surface area contributed by atoms with Crippen LogP contribution >= 0.6 is 0 Å². The molecule has 3 aromatic rings. The second-order valence-corrected chi connectivity index (χ2v) is 7.44. The van der Waals surface area contributed by atoms with Gasteiger partial charge in [-0.1, -0.05) is 23.6 Å². The Morgan fingerprint density at radius 3 is 2.54 bits per heavy atom. The number of nitrogens with zero attached hydrogens (tertiary/aromatic N) is 3. The molecule has 1 aliphatic rings. The van der Waals surface area contributed by atoms with Crippen LogP contribution in [0.1, 0.15) is 52.5 Å². The standard InChI is InChI=1S/C21H23N5O2/c1-13-8-14(2)10-16(9-13)21(28)22-11-19(27)23-17-6-7-18-24-25-20(26(18)12-17)15-4-3-5-15/h6-10,12,15H,3-5,11H2,1-2H3,(H,22,28)(H,23,27). The molecule has 2 N–H and O–H groups in total. The summed E-state index contributed by atoms with van der Waals surface area (Å²) in [7, 11) is 0. The summed E-state index contributed by atoms with van der Waals surface area (Å²) >= 11 is 0. The van der Waals surface area contributed by atoms with E-state index >= 15 is 0 Å². The van der Waals surface area contributed by atoms with Crippen LogP contribution in [-0.2, 0) is 4.79 Å². The van der Waals surface area contributed by atoms with Crippen molar-refractivity contribution in [3.63, 3.8) is 0 Å². The highest BCUT2D eigenvalue weighted by atomic mass is 16.2. The van der Waals surface area contributed by atoms with E-state index in [1.807, 2.05) is 48.7 Å². The zero-order valence-electron chi connectivity index (χ0n) is 16.0. The molecule has 2 heterocycles. The molecule has 1 fully saturated rings. The molecule has 144 valence electrons. The molecule has 0 unspecified atom stereocenters. The van der Waals surface area contributed by atoms with E-state index in [0.717, 1.165) is 35.4 Å². The molecule has 7 heteroatoms. The largest absolute Gasteiger partial charge is 0.343 e. The lowest BCUT2D eigenvalue weighted by Gasteiger charge is -2.23. The van der Waals surface area contributed by atoms with Gasteiger partial charge in [-0.05, 0) is 51.0 Å². The van der Waals surface area contributed by atoms with Crippen LogP contribution in [0.3, 0.4) is 0 Å². The van der Waals surface area contributed by atoms with Gasteiger partial charge in [-0.2, -0.15) is 0 Å². The Kier molecular flexibility index (Phi) is 4.81. The van der Waals surface area contributed by atoms with Gasteiger partial charge in [0, 0.05) is 17.7 Å². The van der Waals surface area contributed by atoms with Crippen molar-refractivity contribution in [3.05, 3.63) is 59.0 Å². The number of hydrogen-bond acceptors (Lipinski definition) is 4. The third kappa shape index (κ3) is 3.74. The first-order chi connectivity index (χ1) is 13.5. The number of benzene rings is 1. The molecule has 4 rings (SSSR count). The van der Waals surface area contributed by atoms with E-state index < -0.39 is 0 Å². The molecular formula is C21H23N5O2. The van der Waals surface area contributed by atoms with Crippen molar-refractivity contribution in [2.75, 3.05) is 11.9 Å². The first-order valence-electron chi connectivity index (χ1n) is 9.50. The third-order valence-electron chi connectivity index (χ3n) is 5.08. The number of nitrogens with one attached hydrogen (secondary N) is 2. The summed E-state index contributed by atoms with van der Waals surface area (Å²) < 4.78 is 1.94. The summed E-state index contributed by atoms with van der Waals surface area (Å²) in [6.45, 7) is 3.78. The number of aromatic nitrogens is 3. The second kappa shape index (κ2) is 7.42. The molecule has 0 radical (unpaired) electrons. The minimum Gasteiger partial charge on any atom is -0.343 e. The molecule has 1 aliphatic carbocycles. The first-order valence-corrected chi connectivity index (χ1v) is 9.50. The fourth-order valence-electron chi connectivity index (χ4n) is 3.50. The number of anilines is 1. The normalized spacial score (nSPS) is 13.9. The molecular weight excluding hydrogens is 354 g/mol. The van der Waals surface area contributed by atoms with Crippen molar-refractivity contribution in [1.82, 2.24) is 19.9 Å². The summed E-state index contributed by atoms with van der Waals surface area (Å²) in [5, 5.41) is 14.0. The lowest BCUT2D eigenvalue weighted by molar-refractivity contribution is -0.115. The van der Waals surface area contributed by atoms with E-state index in [0.29, 0.717) is 17.2 Å². The number of hydrogen-bond donors (Lipinski definition) is 2. The maximum absolute atomic E-state index is 12.3. The van der Waals surface area contributed by atoms with Crippen LogP contribution in [0.4, 0.5) is 5.69 Å². The van der Waals surface area contributed by atoms with Crippen LogP contribution in [0.2, 0.25) is 0 Å².